The Hall–Kier alpha value is -3.19. The molecule has 0 saturated heterocycles. The van der Waals surface area contributed by atoms with E-state index in [2.05, 4.69) is 51.8 Å². The second-order valence-corrected chi connectivity index (χ2v) is 7.70. The molecule has 0 radical (unpaired) electrons. The summed E-state index contributed by atoms with van der Waals surface area (Å²) in [7, 11) is 0. The van der Waals surface area contributed by atoms with Crippen LogP contribution < -0.4 is 5.32 Å². The Balaban J connectivity index is 1.39. The number of carbonyl (C=O) groups is 1. The number of amides is 1. The molecule has 0 aliphatic rings. The molecule has 0 saturated carbocycles. The number of benzene rings is 2. The fraction of sp³-hybridized carbons (Fsp3) is 0.182. The van der Waals surface area contributed by atoms with Gasteiger partial charge < -0.3 is 5.32 Å². The average molecular weight is 404 g/mol. The summed E-state index contributed by atoms with van der Waals surface area (Å²) in [6, 6.07) is 21.6. The minimum Gasteiger partial charge on any atom is -0.352 e. The lowest BCUT2D eigenvalue weighted by molar-refractivity contribution is 0.0954. The Kier molecular flexibility index (Phi) is 5.86. The lowest BCUT2D eigenvalue weighted by Gasteiger charge is -2.05. The number of hydrogen-bond acceptors (Lipinski definition) is 5. The van der Waals surface area contributed by atoms with E-state index in [-0.39, 0.29) is 5.91 Å². The normalized spacial score (nSPS) is 10.9. The van der Waals surface area contributed by atoms with E-state index in [4.69, 9.17) is 0 Å². The minimum atomic E-state index is -0.0956. The van der Waals surface area contributed by atoms with Crippen molar-refractivity contribution in [2.24, 2.45) is 0 Å². The first kappa shape index (κ1) is 19.1. The lowest BCUT2D eigenvalue weighted by atomic mass is 10.2. The number of rotatable bonds is 7. The molecule has 2 aromatic carbocycles. The first-order valence-corrected chi connectivity index (χ1v) is 10.4. The third-order valence-electron chi connectivity index (χ3n) is 4.48. The van der Waals surface area contributed by atoms with Crippen LogP contribution in [0.3, 0.4) is 0 Å². The number of fused-ring (bicyclic) bond motifs is 1. The van der Waals surface area contributed by atoms with Gasteiger partial charge in [0.1, 0.15) is 5.03 Å². The van der Waals surface area contributed by atoms with E-state index in [1.165, 1.54) is 11.1 Å². The maximum Gasteiger partial charge on any atom is 0.251 e. The van der Waals surface area contributed by atoms with Crippen LogP contribution in [0.1, 0.15) is 27.3 Å². The number of thioether (sulfide) groups is 1. The van der Waals surface area contributed by atoms with Crippen molar-refractivity contribution in [3.8, 4) is 0 Å². The van der Waals surface area contributed by atoms with Crippen molar-refractivity contribution in [1.29, 1.82) is 0 Å². The third-order valence-corrected chi connectivity index (χ3v) is 5.47. The minimum absolute atomic E-state index is 0.0956. The summed E-state index contributed by atoms with van der Waals surface area (Å²) >= 11 is 1.68. The van der Waals surface area contributed by atoms with Gasteiger partial charge in [-0.05, 0) is 36.8 Å². The van der Waals surface area contributed by atoms with Gasteiger partial charge in [0.05, 0.1) is 0 Å². The molecule has 2 heterocycles. The zero-order chi connectivity index (χ0) is 20.1. The van der Waals surface area contributed by atoms with Crippen molar-refractivity contribution < 1.29 is 4.79 Å². The second-order valence-electron chi connectivity index (χ2n) is 6.70. The number of hydrogen-bond donors (Lipinski definition) is 1. The van der Waals surface area contributed by atoms with Crippen LogP contribution in [0.15, 0.2) is 71.8 Å². The summed E-state index contributed by atoms with van der Waals surface area (Å²) in [5.41, 5.74) is 3.86. The van der Waals surface area contributed by atoms with Gasteiger partial charge in [-0.2, -0.15) is 9.61 Å². The molecule has 0 bridgehead atoms. The molecule has 2 aromatic heterocycles. The smallest absolute Gasteiger partial charge is 0.251 e. The average Bonchev–Trinajstić information content (AvgIpc) is 3.16. The highest BCUT2D eigenvalue weighted by atomic mass is 32.2. The van der Waals surface area contributed by atoms with Crippen LogP contribution >= 0.6 is 11.8 Å². The summed E-state index contributed by atoms with van der Waals surface area (Å²) in [5, 5.41) is 16.9. The van der Waals surface area contributed by atoms with Crippen molar-refractivity contribution in [3.63, 3.8) is 0 Å². The highest BCUT2D eigenvalue weighted by Crippen LogP contribution is 2.21. The van der Waals surface area contributed by atoms with Gasteiger partial charge in [0.15, 0.2) is 11.5 Å². The van der Waals surface area contributed by atoms with Crippen LogP contribution in [0.25, 0.3) is 5.65 Å². The zero-order valence-electron chi connectivity index (χ0n) is 16.1. The van der Waals surface area contributed by atoms with Crippen molar-refractivity contribution >= 4 is 23.3 Å². The molecule has 7 heteroatoms. The summed E-state index contributed by atoms with van der Waals surface area (Å²) in [4.78, 5) is 12.2. The first-order valence-electron chi connectivity index (χ1n) is 9.42. The highest BCUT2D eigenvalue weighted by Gasteiger charge is 2.10. The summed E-state index contributed by atoms with van der Waals surface area (Å²) in [6.45, 7) is 2.55. The van der Waals surface area contributed by atoms with E-state index in [1.807, 2.05) is 30.3 Å². The Morgan fingerprint density at radius 1 is 1.00 bits per heavy atom. The first-order chi connectivity index (χ1) is 14.2. The number of aryl methyl sites for hydroxylation is 1. The molecule has 0 atom stereocenters. The van der Waals surface area contributed by atoms with Crippen molar-refractivity contribution in [2.75, 3.05) is 6.54 Å². The summed E-state index contributed by atoms with van der Waals surface area (Å²) in [5.74, 6) is 1.48. The van der Waals surface area contributed by atoms with E-state index >= 15 is 0 Å². The van der Waals surface area contributed by atoms with Crippen LogP contribution in [-0.4, -0.2) is 32.3 Å². The van der Waals surface area contributed by atoms with Gasteiger partial charge in [-0.25, -0.2) is 0 Å². The Morgan fingerprint density at radius 3 is 2.59 bits per heavy atom. The Morgan fingerprint density at radius 2 is 1.79 bits per heavy atom. The number of nitrogens with zero attached hydrogens (tertiary/aromatic N) is 4. The Bertz CT molecular complexity index is 1110. The number of carbonyl (C=O) groups excluding carboxylic acids is 1. The fourth-order valence-corrected chi connectivity index (χ4v) is 3.68. The van der Waals surface area contributed by atoms with E-state index in [0.717, 1.165) is 16.6 Å². The summed E-state index contributed by atoms with van der Waals surface area (Å²) < 4.78 is 1.76. The lowest BCUT2D eigenvalue weighted by Crippen LogP contribution is -2.26. The molecule has 6 nitrogen and oxygen atoms in total. The molecule has 0 unspecified atom stereocenters. The van der Waals surface area contributed by atoms with Crippen molar-refractivity contribution in [3.05, 3.63) is 89.2 Å². The molecule has 4 aromatic rings. The number of nitrogens with one attached hydrogen (secondary N) is 1. The van der Waals surface area contributed by atoms with Gasteiger partial charge in [0, 0.05) is 24.3 Å². The quantitative estimate of drug-likeness (QED) is 0.477. The topological polar surface area (TPSA) is 72.2 Å². The molecule has 0 aliphatic heterocycles. The van der Waals surface area contributed by atoms with E-state index < -0.39 is 0 Å². The van der Waals surface area contributed by atoms with Gasteiger partial charge in [-0.15, -0.1) is 10.2 Å². The fourth-order valence-electron chi connectivity index (χ4n) is 2.87. The van der Waals surface area contributed by atoms with Gasteiger partial charge in [0.25, 0.3) is 5.91 Å². The van der Waals surface area contributed by atoms with Crippen LogP contribution in [0, 0.1) is 6.92 Å². The molecule has 0 aliphatic carbocycles. The predicted octanol–water partition coefficient (Wildman–Crippen LogP) is 3.70. The molecular formula is C22H21N5OS. The highest BCUT2D eigenvalue weighted by molar-refractivity contribution is 7.98. The monoisotopic (exact) mass is 403 g/mol. The molecule has 1 amide bonds. The predicted molar refractivity (Wildman–Crippen MR) is 114 cm³/mol. The van der Waals surface area contributed by atoms with E-state index in [9.17, 15) is 4.79 Å². The van der Waals surface area contributed by atoms with Crippen LogP contribution in [0.2, 0.25) is 0 Å². The largest absolute Gasteiger partial charge is 0.352 e. The van der Waals surface area contributed by atoms with Gasteiger partial charge in [-0.3, -0.25) is 4.79 Å². The maximum atomic E-state index is 12.2. The van der Waals surface area contributed by atoms with Gasteiger partial charge in [-0.1, -0.05) is 59.8 Å². The van der Waals surface area contributed by atoms with Crippen LogP contribution in [0.5, 0.6) is 0 Å². The van der Waals surface area contributed by atoms with Crippen LogP contribution in [-0.2, 0) is 12.2 Å². The molecule has 4 rings (SSSR count). The van der Waals surface area contributed by atoms with Gasteiger partial charge in [0.2, 0.25) is 0 Å². The molecular weight excluding hydrogens is 382 g/mol. The second kappa shape index (κ2) is 8.87. The van der Waals surface area contributed by atoms with Gasteiger partial charge >= 0.3 is 0 Å². The molecule has 0 fully saturated rings. The van der Waals surface area contributed by atoms with Crippen LogP contribution in [0.4, 0.5) is 0 Å². The molecule has 0 spiro atoms. The zero-order valence-corrected chi connectivity index (χ0v) is 16.9. The van der Waals surface area contributed by atoms with E-state index in [0.29, 0.717) is 24.2 Å². The molecule has 1 N–H and O–H groups in total. The molecule has 29 heavy (non-hydrogen) atoms. The third kappa shape index (κ3) is 4.81. The molecule has 146 valence electrons. The Labute approximate surface area is 173 Å². The number of aromatic nitrogens is 4. The van der Waals surface area contributed by atoms with E-state index in [1.54, 1.807) is 28.4 Å². The maximum absolute atomic E-state index is 12.2. The van der Waals surface area contributed by atoms with Crippen molar-refractivity contribution in [2.45, 2.75) is 24.1 Å². The SMILES string of the molecule is Cc1ccc(CSc2ccc3nnc(CCNC(=O)c4ccccc4)n3n2)cc1. The summed E-state index contributed by atoms with van der Waals surface area (Å²) in [6.07, 6.45) is 0.554. The standard InChI is InChI=1S/C22H21N5OS/c1-16-7-9-17(10-8-16)15-29-21-12-11-19-24-25-20(27(19)26-21)13-14-23-22(28)18-5-3-2-4-6-18/h2-12H,13-15H2,1H3,(H,23,28). The van der Waals surface area contributed by atoms with Crippen molar-refractivity contribution in [1.82, 2.24) is 25.1 Å².